The van der Waals surface area contributed by atoms with Crippen LogP contribution in [-0.4, -0.2) is 48.5 Å². The Hall–Kier alpha value is -3.44. The van der Waals surface area contributed by atoms with Crippen LogP contribution >= 0.6 is 0 Å². The van der Waals surface area contributed by atoms with E-state index in [9.17, 15) is 14.4 Å². The van der Waals surface area contributed by atoms with Crippen molar-refractivity contribution in [2.45, 2.75) is 19.4 Å². The number of carbonyl (C=O) groups excluding carboxylic acids is 2. The molecular formula is C18H24N6O5. The Kier molecular flexibility index (Phi) is 7.69. The number of hydrogen-bond donors (Lipinski definition) is 4. The fourth-order valence-electron chi connectivity index (χ4n) is 2.38. The summed E-state index contributed by atoms with van der Waals surface area (Å²) in [6, 6.07) is 6.36. The van der Waals surface area contributed by atoms with E-state index in [0.717, 1.165) is 5.01 Å². The Morgan fingerprint density at radius 2 is 2.03 bits per heavy atom. The lowest BCUT2D eigenvalue weighted by Gasteiger charge is -2.23. The minimum Gasteiger partial charge on any atom is -0.491 e. The molecule has 11 heteroatoms. The summed E-state index contributed by atoms with van der Waals surface area (Å²) in [4.78, 5) is 41.4. The first-order valence-corrected chi connectivity index (χ1v) is 8.77. The number of aromatic amines is 1. The fraction of sp³-hybridized carbons (Fsp3) is 0.333. The molecule has 0 radical (unpaired) electrons. The molecule has 2 rings (SSSR count). The molecule has 6 N–H and O–H groups in total. The molecule has 1 atom stereocenters. The molecule has 0 saturated carbocycles. The Balaban J connectivity index is 2.31. The summed E-state index contributed by atoms with van der Waals surface area (Å²) in [5.41, 5.74) is 4.78. The van der Waals surface area contributed by atoms with E-state index in [2.05, 4.69) is 15.3 Å². The van der Waals surface area contributed by atoms with Crippen LogP contribution in [0, 0.1) is 0 Å². The average Bonchev–Trinajstić information content (AvgIpc) is 2.68. The van der Waals surface area contributed by atoms with Gasteiger partial charge in [-0.3, -0.25) is 19.6 Å². The number of aromatic nitrogens is 2. The Labute approximate surface area is 167 Å². The molecular weight excluding hydrogens is 380 g/mol. The summed E-state index contributed by atoms with van der Waals surface area (Å²) >= 11 is 0. The van der Waals surface area contributed by atoms with Crippen molar-refractivity contribution < 1.29 is 19.1 Å². The second-order valence-electron chi connectivity index (χ2n) is 6.13. The molecule has 0 fully saturated rings. The predicted molar refractivity (Wildman–Crippen MR) is 107 cm³/mol. The molecule has 1 aromatic carbocycles. The summed E-state index contributed by atoms with van der Waals surface area (Å²) < 4.78 is 10.4. The second-order valence-corrected chi connectivity index (χ2v) is 6.13. The lowest BCUT2D eigenvalue weighted by atomic mass is 10.2. The van der Waals surface area contributed by atoms with Crippen molar-refractivity contribution in [1.82, 2.24) is 9.97 Å². The number of rotatable bonds is 11. The number of methoxy groups -OCH3 is 1. The van der Waals surface area contributed by atoms with Crippen LogP contribution in [0.25, 0.3) is 0 Å². The molecule has 0 spiro atoms. The van der Waals surface area contributed by atoms with Crippen LogP contribution in [0.15, 0.2) is 29.1 Å². The van der Waals surface area contributed by atoms with Gasteiger partial charge in [-0.05, 0) is 31.2 Å². The highest BCUT2D eigenvalue weighted by molar-refractivity contribution is 5.98. The van der Waals surface area contributed by atoms with Crippen molar-refractivity contribution in [2.75, 3.05) is 30.6 Å². The molecule has 156 valence electrons. The highest BCUT2D eigenvalue weighted by Crippen LogP contribution is 2.21. The van der Waals surface area contributed by atoms with Gasteiger partial charge in [0, 0.05) is 19.2 Å². The number of nitrogens with one attached hydrogen (secondary N) is 2. The molecule has 0 bridgehead atoms. The van der Waals surface area contributed by atoms with Gasteiger partial charge in [0.1, 0.15) is 24.2 Å². The zero-order valence-electron chi connectivity index (χ0n) is 16.2. The van der Waals surface area contributed by atoms with Crippen molar-refractivity contribution in [3.8, 4) is 5.75 Å². The number of nitrogens with two attached hydrogens (primary N) is 2. The summed E-state index contributed by atoms with van der Waals surface area (Å²) in [6.45, 7) is 2.55. The third-order valence-corrected chi connectivity index (χ3v) is 3.98. The average molecular weight is 404 g/mol. The van der Waals surface area contributed by atoms with Crippen LogP contribution in [0.2, 0.25) is 0 Å². The summed E-state index contributed by atoms with van der Waals surface area (Å²) in [7, 11) is 1.58. The fourth-order valence-corrected chi connectivity index (χ4v) is 2.38. The lowest BCUT2D eigenvalue weighted by molar-refractivity contribution is -0.108. The first-order chi connectivity index (χ1) is 13.9. The van der Waals surface area contributed by atoms with E-state index in [-0.39, 0.29) is 23.8 Å². The van der Waals surface area contributed by atoms with Gasteiger partial charge < -0.3 is 25.3 Å². The van der Waals surface area contributed by atoms with Gasteiger partial charge in [-0.25, -0.2) is 5.84 Å². The van der Waals surface area contributed by atoms with Gasteiger partial charge >= 0.3 is 0 Å². The zero-order valence-corrected chi connectivity index (χ0v) is 16.2. The van der Waals surface area contributed by atoms with Crippen molar-refractivity contribution in [3.63, 3.8) is 0 Å². The van der Waals surface area contributed by atoms with E-state index < -0.39 is 17.5 Å². The quantitative estimate of drug-likeness (QED) is 0.178. The maximum absolute atomic E-state index is 12.4. The number of anilines is 3. The minimum absolute atomic E-state index is 0.0173. The number of aldehydes is 1. The number of carbonyl (C=O) groups is 2. The van der Waals surface area contributed by atoms with E-state index in [0.29, 0.717) is 30.9 Å². The van der Waals surface area contributed by atoms with Crippen LogP contribution in [0.5, 0.6) is 5.75 Å². The number of nitrogens with zero attached hydrogens (tertiary/aromatic N) is 2. The van der Waals surface area contributed by atoms with Crippen molar-refractivity contribution in [2.24, 2.45) is 11.6 Å². The molecule has 0 aliphatic rings. The molecule has 1 aromatic heterocycles. The van der Waals surface area contributed by atoms with Gasteiger partial charge in [0.15, 0.2) is 5.82 Å². The zero-order chi connectivity index (χ0) is 21.4. The standard InChI is InChI=1S/C18H24N6O5/c1-11(7-8-25)24(20)18-22-16(14(15(19)26)17(27)23-18)21-12-3-5-13(6-4-12)29-10-9-28-2/h3-6,8,11H,7,9-10,20H2,1-2H3,(H2,19,26)(H2,21,22,23,27)/t11-/m1/s1. The minimum atomic E-state index is -0.947. The molecule has 0 saturated heterocycles. The van der Waals surface area contributed by atoms with Gasteiger partial charge in [0.2, 0.25) is 5.95 Å². The highest BCUT2D eigenvalue weighted by atomic mass is 16.5. The van der Waals surface area contributed by atoms with E-state index >= 15 is 0 Å². The summed E-state index contributed by atoms with van der Waals surface area (Å²) in [5.74, 6) is 5.53. The predicted octanol–water partition coefficient (Wildman–Crippen LogP) is 0.295. The molecule has 1 heterocycles. The van der Waals surface area contributed by atoms with Crippen LogP contribution in [0.3, 0.4) is 0 Å². The summed E-state index contributed by atoms with van der Waals surface area (Å²) in [6.07, 6.45) is 0.834. The monoisotopic (exact) mass is 404 g/mol. The molecule has 29 heavy (non-hydrogen) atoms. The van der Waals surface area contributed by atoms with Crippen LogP contribution in [0.1, 0.15) is 23.7 Å². The number of ether oxygens (including phenoxy) is 2. The molecule has 1 amide bonds. The molecule has 0 aliphatic heterocycles. The summed E-state index contributed by atoms with van der Waals surface area (Å²) in [5, 5.41) is 4.03. The van der Waals surface area contributed by atoms with Crippen molar-refractivity contribution >= 4 is 29.6 Å². The molecule has 0 unspecified atom stereocenters. The third-order valence-electron chi connectivity index (χ3n) is 3.98. The normalized spacial score (nSPS) is 11.6. The molecule has 0 aliphatic carbocycles. The van der Waals surface area contributed by atoms with Crippen molar-refractivity contribution in [1.29, 1.82) is 0 Å². The Morgan fingerprint density at radius 1 is 1.34 bits per heavy atom. The van der Waals surface area contributed by atoms with E-state index in [1.54, 1.807) is 38.3 Å². The van der Waals surface area contributed by atoms with E-state index in [1.165, 1.54) is 0 Å². The van der Waals surface area contributed by atoms with Crippen LogP contribution in [0.4, 0.5) is 17.5 Å². The van der Waals surface area contributed by atoms with Crippen molar-refractivity contribution in [3.05, 3.63) is 40.2 Å². The van der Waals surface area contributed by atoms with E-state index in [4.69, 9.17) is 21.1 Å². The lowest BCUT2D eigenvalue weighted by Crippen LogP contribution is -2.42. The third kappa shape index (κ3) is 5.77. The number of amides is 1. The van der Waals surface area contributed by atoms with Crippen LogP contribution < -0.4 is 32.2 Å². The van der Waals surface area contributed by atoms with Gasteiger partial charge in [-0.1, -0.05) is 0 Å². The molecule has 11 nitrogen and oxygen atoms in total. The van der Waals surface area contributed by atoms with Gasteiger partial charge in [0.25, 0.3) is 11.5 Å². The Bertz CT molecular complexity index is 899. The first kappa shape index (κ1) is 21.9. The van der Waals surface area contributed by atoms with E-state index in [1.807, 2.05) is 0 Å². The smallest absolute Gasteiger partial charge is 0.267 e. The topological polar surface area (TPSA) is 166 Å². The number of H-pyrrole nitrogens is 1. The first-order valence-electron chi connectivity index (χ1n) is 8.77. The largest absolute Gasteiger partial charge is 0.491 e. The van der Waals surface area contributed by atoms with Gasteiger partial charge in [-0.2, -0.15) is 4.98 Å². The maximum Gasteiger partial charge on any atom is 0.267 e. The SMILES string of the molecule is COCCOc1ccc(Nc2nc(N(N)[C@H](C)CC=O)[nH]c(=O)c2C(N)=O)cc1. The maximum atomic E-state index is 12.4. The number of benzene rings is 1. The number of primary amides is 1. The number of hydrazine groups is 1. The van der Waals surface area contributed by atoms with Crippen LogP contribution in [-0.2, 0) is 9.53 Å². The Morgan fingerprint density at radius 3 is 2.62 bits per heavy atom. The highest BCUT2D eigenvalue weighted by Gasteiger charge is 2.20. The van der Waals surface area contributed by atoms with Gasteiger partial charge in [-0.15, -0.1) is 0 Å². The van der Waals surface area contributed by atoms with Gasteiger partial charge in [0.05, 0.1) is 12.6 Å². The molecule has 2 aromatic rings. The number of hydrogen-bond acceptors (Lipinski definition) is 9. The second kappa shape index (κ2) is 10.2.